The molecule has 0 spiro atoms. The minimum absolute atomic E-state index is 0.0422. The topological polar surface area (TPSA) is 130 Å². The number of aryl methyl sites for hydroxylation is 1. The summed E-state index contributed by atoms with van der Waals surface area (Å²) in [5.74, 6) is 0.255. The number of amides is 2. The molecule has 4 rings (SSSR count). The lowest BCUT2D eigenvalue weighted by Gasteiger charge is -2.27. The van der Waals surface area contributed by atoms with E-state index in [1.165, 1.54) is 16.2 Å². The van der Waals surface area contributed by atoms with Gasteiger partial charge >= 0.3 is 6.61 Å². The summed E-state index contributed by atoms with van der Waals surface area (Å²) >= 11 is 1.40. The van der Waals surface area contributed by atoms with Gasteiger partial charge in [0.15, 0.2) is 0 Å². The number of hydrogen-bond donors (Lipinski definition) is 4. The first-order chi connectivity index (χ1) is 19.6. The number of likely N-dealkylation sites (tertiary alicyclic amines) is 1. The van der Waals surface area contributed by atoms with E-state index in [2.05, 4.69) is 21.9 Å². The van der Waals surface area contributed by atoms with Gasteiger partial charge in [-0.05, 0) is 49.4 Å². The van der Waals surface area contributed by atoms with Crippen LogP contribution in [0.2, 0.25) is 0 Å². The Morgan fingerprint density at radius 3 is 2.39 bits per heavy atom. The SMILES string of the molecule is C=C(NCc1cc(C(=N)N)cs1)C1C[C@@H](OC(F)F)CN1C(=O)CNC(=O)c1ccc(Oc2ccc(C)cc2)cc1. The van der Waals surface area contributed by atoms with Gasteiger partial charge in [0.2, 0.25) is 5.91 Å². The Balaban J connectivity index is 1.33. The first-order valence-electron chi connectivity index (χ1n) is 12.8. The summed E-state index contributed by atoms with van der Waals surface area (Å²) in [4.78, 5) is 28.1. The number of hydrogen-bond acceptors (Lipinski definition) is 7. The number of nitrogens with zero attached hydrogens (tertiary/aromatic N) is 1. The highest BCUT2D eigenvalue weighted by atomic mass is 32.1. The van der Waals surface area contributed by atoms with E-state index in [1.807, 2.05) is 31.2 Å². The molecule has 0 saturated carbocycles. The number of carbonyl (C=O) groups is 2. The Labute approximate surface area is 240 Å². The normalized spacial score (nSPS) is 16.4. The molecule has 9 nitrogen and oxygen atoms in total. The van der Waals surface area contributed by atoms with Gasteiger partial charge in [0, 0.05) is 46.6 Å². The predicted molar refractivity (Wildman–Crippen MR) is 152 cm³/mol. The zero-order valence-electron chi connectivity index (χ0n) is 22.4. The van der Waals surface area contributed by atoms with Crippen LogP contribution < -0.4 is 21.1 Å². The van der Waals surface area contributed by atoms with Gasteiger partial charge in [0.1, 0.15) is 17.3 Å². The summed E-state index contributed by atoms with van der Waals surface area (Å²) in [6.07, 6.45) is -0.758. The summed E-state index contributed by atoms with van der Waals surface area (Å²) in [7, 11) is 0. The van der Waals surface area contributed by atoms with Crippen LogP contribution in [-0.2, 0) is 16.1 Å². The fourth-order valence-corrected chi connectivity index (χ4v) is 5.18. The monoisotopic (exact) mass is 583 g/mol. The molecule has 12 heteroatoms. The van der Waals surface area contributed by atoms with E-state index in [1.54, 1.807) is 35.7 Å². The number of halogens is 2. The number of benzene rings is 2. The molecule has 0 radical (unpaired) electrons. The van der Waals surface area contributed by atoms with E-state index in [0.717, 1.165) is 10.4 Å². The smallest absolute Gasteiger partial charge is 0.345 e. The summed E-state index contributed by atoms with van der Waals surface area (Å²) in [6.45, 7) is 2.97. The fourth-order valence-electron chi connectivity index (χ4n) is 4.36. The van der Waals surface area contributed by atoms with Crippen molar-refractivity contribution in [2.45, 2.75) is 38.6 Å². The largest absolute Gasteiger partial charge is 0.457 e. The van der Waals surface area contributed by atoms with Gasteiger partial charge in [-0.15, -0.1) is 11.3 Å². The average Bonchev–Trinajstić information content (AvgIpc) is 3.59. The van der Waals surface area contributed by atoms with Crippen LogP contribution in [0.4, 0.5) is 8.78 Å². The van der Waals surface area contributed by atoms with Crippen molar-refractivity contribution < 1.29 is 27.8 Å². The molecule has 0 bridgehead atoms. The van der Waals surface area contributed by atoms with Crippen LogP contribution in [-0.4, -0.2) is 54.4 Å². The zero-order chi connectivity index (χ0) is 29.5. The first kappa shape index (κ1) is 29.7. The molecule has 5 N–H and O–H groups in total. The van der Waals surface area contributed by atoms with Crippen molar-refractivity contribution in [2.24, 2.45) is 5.73 Å². The van der Waals surface area contributed by atoms with E-state index < -0.39 is 30.6 Å². The standard InChI is InChI=1S/C29H31F2N5O4S/c1-17-3-7-21(8-4-17)39-22-9-5-19(6-10-22)28(38)35-14-26(37)36-15-23(40-29(30)31)12-25(36)18(2)34-13-24-11-20(16-41-24)27(32)33/h3-11,16,23,25,29,34H,2,12-15H2,1H3,(H3,32,33)(H,35,38)/t23-,25?/m1/s1. The summed E-state index contributed by atoms with van der Waals surface area (Å²) in [5, 5.41) is 15.0. The molecule has 1 aliphatic heterocycles. The second-order valence-electron chi connectivity index (χ2n) is 9.53. The number of rotatable bonds is 12. The van der Waals surface area contributed by atoms with E-state index in [4.69, 9.17) is 15.9 Å². The highest BCUT2D eigenvalue weighted by molar-refractivity contribution is 7.10. The molecule has 2 aromatic carbocycles. The Morgan fingerprint density at radius 1 is 1.12 bits per heavy atom. The third-order valence-electron chi connectivity index (χ3n) is 6.51. The first-order valence-corrected chi connectivity index (χ1v) is 13.7. The number of nitrogen functional groups attached to an aromatic ring is 1. The molecule has 1 saturated heterocycles. The fraction of sp³-hybridized carbons (Fsp3) is 0.276. The second kappa shape index (κ2) is 13.4. The second-order valence-corrected chi connectivity index (χ2v) is 10.5. The molecule has 216 valence electrons. The minimum Gasteiger partial charge on any atom is -0.457 e. The Kier molecular flexibility index (Phi) is 9.69. The van der Waals surface area contributed by atoms with Crippen LogP contribution in [0.15, 0.2) is 72.3 Å². The van der Waals surface area contributed by atoms with Gasteiger partial charge in [-0.1, -0.05) is 24.3 Å². The summed E-state index contributed by atoms with van der Waals surface area (Å²) in [6, 6.07) is 15.2. The quantitative estimate of drug-likeness (QED) is 0.185. The lowest BCUT2D eigenvalue weighted by Crippen LogP contribution is -2.45. The molecular weight excluding hydrogens is 552 g/mol. The van der Waals surface area contributed by atoms with Crippen LogP contribution in [0, 0.1) is 12.3 Å². The van der Waals surface area contributed by atoms with E-state index in [-0.39, 0.29) is 25.3 Å². The minimum atomic E-state index is -2.98. The number of carbonyl (C=O) groups excluding carboxylic acids is 2. The maximum Gasteiger partial charge on any atom is 0.345 e. The molecule has 1 unspecified atom stereocenters. The number of nitrogens with two attached hydrogens (primary N) is 1. The van der Waals surface area contributed by atoms with Crippen molar-refractivity contribution in [1.29, 1.82) is 5.41 Å². The number of nitrogens with one attached hydrogen (secondary N) is 3. The van der Waals surface area contributed by atoms with Crippen molar-refractivity contribution in [1.82, 2.24) is 15.5 Å². The molecular formula is C29H31F2N5O4S. The van der Waals surface area contributed by atoms with Crippen molar-refractivity contribution in [3.05, 3.63) is 93.8 Å². The average molecular weight is 584 g/mol. The summed E-state index contributed by atoms with van der Waals surface area (Å²) in [5.41, 5.74) is 8.01. The van der Waals surface area contributed by atoms with Crippen molar-refractivity contribution in [2.75, 3.05) is 13.1 Å². The van der Waals surface area contributed by atoms with Gasteiger partial charge in [-0.25, -0.2) is 0 Å². The number of thiophene rings is 1. The predicted octanol–water partition coefficient (Wildman–Crippen LogP) is 4.37. The molecule has 3 aromatic rings. The van der Waals surface area contributed by atoms with Gasteiger partial charge in [-0.2, -0.15) is 8.78 Å². The van der Waals surface area contributed by atoms with Crippen LogP contribution in [0.5, 0.6) is 11.5 Å². The Morgan fingerprint density at radius 2 is 1.78 bits per heavy atom. The van der Waals surface area contributed by atoms with Crippen LogP contribution >= 0.6 is 11.3 Å². The van der Waals surface area contributed by atoms with Crippen molar-refractivity contribution in [3.63, 3.8) is 0 Å². The lowest BCUT2D eigenvalue weighted by molar-refractivity contribution is -0.160. The molecule has 0 aliphatic carbocycles. The third kappa shape index (κ3) is 8.12. The van der Waals surface area contributed by atoms with E-state index >= 15 is 0 Å². The summed E-state index contributed by atoms with van der Waals surface area (Å²) < 4.78 is 36.3. The molecule has 2 heterocycles. The van der Waals surface area contributed by atoms with Gasteiger partial charge in [0.25, 0.3) is 5.91 Å². The lowest BCUT2D eigenvalue weighted by atomic mass is 10.1. The van der Waals surface area contributed by atoms with Crippen LogP contribution in [0.3, 0.4) is 0 Å². The number of ether oxygens (including phenoxy) is 2. The third-order valence-corrected chi connectivity index (χ3v) is 7.45. The van der Waals surface area contributed by atoms with Gasteiger partial charge in [-0.3, -0.25) is 15.0 Å². The highest BCUT2D eigenvalue weighted by Gasteiger charge is 2.38. The molecule has 2 atom stereocenters. The molecule has 41 heavy (non-hydrogen) atoms. The van der Waals surface area contributed by atoms with Gasteiger partial charge in [0.05, 0.1) is 18.7 Å². The Bertz CT molecular complexity index is 1390. The number of amidine groups is 1. The van der Waals surface area contributed by atoms with Crippen molar-refractivity contribution in [3.8, 4) is 11.5 Å². The maximum absolute atomic E-state index is 13.1. The van der Waals surface area contributed by atoms with Crippen LogP contribution in [0.1, 0.15) is 32.8 Å². The molecule has 1 fully saturated rings. The molecule has 2 amide bonds. The zero-order valence-corrected chi connectivity index (χ0v) is 23.2. The maximum atomic E-state index is 13.1. The van der Waals surface area contributed by atoms with Crippen molar-refractivity contribution >= 4 is 29.0 Å². The molecule has 1 aliphatic rings. The number of alkyl halides is 2. The Hall–Kier alpha value is -4.29. The highest BCUT2D eigenvalue weighted by Crippen LogP contribution is 2.27. The van der Waals surface area contributed by atoms with Gasteiger partial charge < -0.3 is 30.7 Å². The van der Waals surface area contributed by atoms with E-state index in [0.29, 0.717) is 34.9 Å². The molecule has 1 aromatic heterocycles. The van der Waals surface area contributed by atoms with Crippen LogP contribution in [0.25, 0.3) is 0 Å². The van der Waals surface area contributed by atoms with E-state index in [9.17, 15) is 18.4 Å².